The van der Waals surface area contributed by atoms with Crippen LogP contribution in [0.3, 0.4) is 0 Å². The number of aryl methyl sites for hydroxylation is 2. The van der Waals surface area contributed by atoms with E-state index in [2.05, 4.69) is 41.6 Å². The zero-order valence-corrected chi connectivity index (χ0v) is 16.4. The lowest BCUT2D eigenvalue weighted by atomic mass is 10.2. The van der Waals surface area contributed by atoms with Gasteiger partial charge in [0.2, 0.25) is 0 Å². The minimum Gasteiger partial charge on any atom is -0.326 e. The Hall–Kier alpha value is -2.92. The SMILES string of the molecule is Cc1ccc(-n2nc(C)c(NC(=O)C[NH+](C)Cc3ccccc3)c2C)cc1. The van der Waals surface area contributed by atoms with Crippen LogP contribution < -0.4 is 10.2 Å². The molecule has 5 heteroatoms. The van der Waals surface area contributed by atoms with Crippen LogP contribution in [0, 0.1) is 20.8 Å². The summed E-state index contributed by atoms with van der Waals surface area (Å²) in [6.45, 7) is 7.19. The summed E-state index contributed by atoms with van der Waals surface area (Å²) in [5, 5.41) is 7.66. The number of carbonyl (C=O) groups is 1. The fourth-order valence-corrected chi connectivity index (χ4v) is 3.23. The number of carbonyl (C=O) groups excluding carboxylic acids is 1. The molecule has 140 valence electrons. The van der Waals surface area contributed by atoms with Gasteiger partial charge >= 0.3 is 0 Å². The number of rotatable bonds is 6. The fourth-order valence-electron chi connectivity index (χ4n) is 3.23. The molecule has 1 atom stereocenters. The summed E-state index contributed by atoms with van der Waals surface area (Å²) in [5.74, 6) is -0.00177. The maximum absolute atomic E-state index is 12.5. The van der Waals surface area contributed by atoms with Crippen LogP contribution in [0.5, 0.6) is 0 Å². The molecule has 0 aliphatic carbocycles. The quantitative estimate of drug-likeness (QED) is 0.707. The number of nitrogens with one attached hydrogen (secondary N) is 2. The molecule has 3 aromatic rings. The molecule has 0 saturated carbocycles. The van der Waals surface area contributed by atoms with Crippen molar-refractivity contribution >= 4 is 11.6 Å². The zero-order chi connectivity index (χ0) is 19.4. The summed E-state index contributed by atoms with van der Waals surface area (Å²) in [7, 11) is 2.03. The molecule has 1 unspecified atom stereocenters. The Kier molecular flexibility index (Phi) is 5.72. The Bertz CT molecular complexity index is 913. The van der Waals surface area contributed by atoms with Crippen LogP contribution >= 0.6 is 0 Å². The number of nitrogens with zero attached hydrogens (tertiary/aromatic N) is 2. The molecule has 1 amide bonds. The van der Waals surface area contributed by atoms with Crippen molar-refractivity contribution in [3.05, 3.63) is 77.1 Å². The Balaban J connectivity index is 1.68. The third kappa shape index (κ3) is 4.63. The highest BCUT2D eigenvalue weighted by Crippen LogP contribution is 2.22. The molecule has 0 aliphatic rings. The smallest absolute Gasteiger partial charge is 0.279 e. The molecule has 2 aromatic carbocycles. The number of hydrogen-bond donors (Lipinski definition) is 2. The Morgan fingerprint density at radius 1 is 1.04 bits per heavy atom. The molecule has 0 saturated heterocycles. The van der Waals surface area contributed by atoms with E-state index in [4.69, 9.17) is 0 Å². The van der Waals surface area contributed by atoms with E-state index < -0.39 is 0 Å². The van der Waals surface area contributed by atoms with Gasteiger partial charge in [-0.1, -0.05) is 48.0 Å². The molecular formula is C22H27N4O+. The molecule has 0 bridgehead atoms. The molecule has 2 N–H and O–H groups in total. The summed E-state index contributed by atoms with van der Waals surface area (Å²) in [6, 6.07) is 18.4. The highest BCUT2D eigenvalue weighted by molar-refractivity contribution is 5.92. The van der Waals surface area contributed by atoms with E-state index in [9.17, 15) is 4.79 Å². The van der Waals surface area contributed by atoms with E-state index in [1.807, 2.05) is 55.9 Å². The van der Waals surface area contributed by atoms with Crippen molar-refractivity contribution in [2.75, 3.05) is 18.9 Å². The van der Waals surface area contributed by atoms with Crippen LogP contribution in [0.15, 0.2) is 54.6 Å². The van der Waals surface area contributed by atoms with Gasteiger partial charge in [0.25, 0.3) is 5.91 Å². The van der Waals surface area contributed by atoms with Gasteiger partial charge in [-0.15, -0.1) is 0 Å². The second-order valence-electron chi connectivity index (χ2n) is 7.14. The van der Waals surface area contributed by atoms with Crippen LogP contribution in [-0.4, -0.2) is 29.3 Å². The highest BCUT2D eigenvalue weighted by atomic mass is 16.2. The van der Waals surface area contributed by atoms with Crippen LogP contribution in [0.4, 0.5) is 5.69 Å². The number of hydrogen-bond acceptors (Lipinski definition) is 2. The van der Waals surface area contributed by atoms with Gasteiger partial charge in [-0.3, -0.25) is 4.79 Å². The fraction of sp³-hybridized carbons (Fsp3) is 0.273. The minimum absolute atomic E-state index is 0.00177. The lowest BCUT2D eigenvalue weighted by Gasteiger charge is -2.14. The molecule has 3 rings (SSSR count). The lowest BCUT2D eigenvalue weighted by molar-refractivity contribution is -0.885. The molecule has 0 aliphatic heterocycles. The molecule has 0 radical (unpaired) electrons. The molecule has 1 heterocycles. The van der Waals surface area contributed by atoms with Crippen LogP contribution in [-0.2, 0) is 11.3 Å². The number of amides is 1. The maximum Gasteiger partial charge on any atom is 0.279 e. The normalized spacial score (nSPS) is 12.0. The minimum atomic E-state index is -0.00177. The Labute approximate surface area is 160 Å². The number of benzene rings is 2. The van der Waals surface area contributed by atoms with Gasteiger partial charge in [0.15, 0.2) is 6.54 Å². The van der Waals surface area contributed by atoms with Crippen LogP contribution in [0.25, 0.3) is 5.69 Å². The maximum atomic E-state index is 12.5. The number of anilines is 1. The summed E-state index contributed by atoms with van der Waals surface area (Å²) in [4.78, 5) is 13.7. The van der Waals surface area contributed by atoms with Crippen molar-refractivity contribution < 1.29 is 9.69 Å². The third-order valence-electron chi connectivity index (χ3n) is 4.65. The molecule has 0 spiro atoms. The first-order chi connectivity index (χ1) is 12.9. The first-order valence-corrected chi connectivity index (χ1v) is 9.22. The van der Waals surface area contributed by atoms with E-state index in [0.717, 1.165) is 34.2 Å². The van der Waals surface area contributed by atoms with Crippen molar-refractivity contribution in [1.29, 1.82) is 0 Å². The van der Waals surface area contributed by atoms with Gasteiger partial charge in [0, 0.05) is 5.56 Å². The highest BCUT2D eigenvalue weighted by Gasteiger charge is 2.17. The second kappa shape index (κ2) is 8.18. The van der Waals surface area contributed by atoms with Crippen molar-refractivity contribution in [1.82, 2.24) is 9.78 Å². The topological polar surface area (TPSA) is 51.4 Å². The van der Waals surface area contributed by atoms with E-state index in [1.165, 1.54) is 11.1 Å². The zero-order valence-electron chi connectivity index (χ0n) is 16.4. The van der Waals surface area contributed by atoms with Gasteiger partial charge in [-0.2, -0.15) is 5.10 Å². The summed E-state index contributed by atoms with van der Waals surface area (Å²) in [6.07, 6.45) is 0. The molecule has 27 heavy (non-hydrogen) atoms. The average molecular weight is 363 g/mol. The number of quaternary nitrogens is 1. The predicted molar refractivity (Wildman–Crippen MR) is 108 cm³/mol. The van der Waals surface area contributed by atoms with Crippen LogP contribution in [0.2, 0.25) is 0 Å². The first-order valence-electron chi connectivity index (χ1n) is 9.22. The van der Waals surface area contributed by atoms with Gasteiger partial charge in [0.1, 0.15) is 6.54 Å². The summed E-state index contributed by atoms with van der Waals surface area (Å²) in [5.41, 5.74) is 5.98. The van der Waals surface area contributed by atoms with Gasteiger partial charge < -0.3 is 10.2 Å². The standard InChI is InChI=1S/C22H26N4O/c1-16-10-12-20(13-11-16)26-18(3)22(17(2)24-26)23-21(27)15-25(4)14-19-8-6-5-7-9-19/h5-13H,14-15H2,1-4H3,(H,23,27)/p+1. The van der Waals surface area contributed by atoms with E-state index in [-0.39, 0.29) is 5.91 Å². The Morgan fingerprint density at radius 3 is 2.37 bits per heavy atom. The number of aromatic nitrogens is 2. The average Bonchev–Trinajstić information content (AvgIpc) is 2.91. The summed E-state index contributed by atoms with van der Waals surface area (Å²) < 4.78 is 1.88. The monoisotopic (exact) mass is 363 g/mol. The first kappa shape index (κ1) is 18.9. The van der Waals surface area contributed by atoms with Gasteiger partial charge in [0.05, 0.1) is 29.8 Å². The third-order valence-corrected chi connectivity index (χ3v) is 4.65. The molecule has 0 fully saturated rings. The second-order valence-corrected chi connectivity index (χ2v) is 7.14. The molecular weight excluding hydrogens is 336 g/mol. The van der Waals surface area contributed by atoms with Crippen molar-refractivity contribution in [2.45, 2.75) is 27.3 Å². The Morgan fingerprint density at radius 2 is 1.70 bits per heavy atom. The van der Waals surface area contributed by atoms with E-state index in [0.29, 0.717) is 6.54 Å². The van der Waals surface area contributed by atoms with Gasteiger partial charge in [-0.25, -0.2) is 4.68 Å². The molecule has 5 nitrogen and oxygen atoms in total. The van der Waals surface area contributed by atoms with Crippen LogP contribution in [0.1, 0.15) is 22.5 Å². The van der Waals surface area contributed by atoms with E-state index in [1.54, 1.807) is 0 Å². The van der Waals surface area contributed by atoms with Crippen molar-refractivity contribution in [3.8, 4) is 5.69 Å². The van der Waals surface area contributed by atoms with Crippen molar-refractivity contribution in [3.63, 3.8) is 0 Å². The number of likely N-dealkylation sites (N-methyl/N-ethyl adjacent to an activating group) is 1. The predicted octanol–water partition coefficient (Wildman–Crippen LogP) is 2.45. The van der Waals surface area contributed by atoms with Crippen molar-refractivity contribution in [2.24, 2.45) is 0 Å². The van der Waals surface area contributed by atoms with E-state index >= 15 is 0 Å². The lowest BCUT2D eigenvalue weighted by Crippen LogP contribution is -3.08. The largest absolute Gasteiger partial charge is 0.326 e. The summed E-state index contributed by atoms with van der Waals surface area (Å²) >= 11 is 0. The molecule has 1 aromatic heterocycles. The van der Waals surface area contributed by atoms with Gasteiger partial charge in [-0.05, 0) is 32.9 Å².